The summed E-state index contributed by atoms with van der Waals surface area (Å²) in [4.78, 5) is 18.9. The molecule has 0 spiro atoms. The van der Waals surface area contributed by atoms with Crippen LogP contribution in [-0.4, -0.2) is 41.8 Å². The van der Waals surface area contributed by atoms with Crippen LogP contribution in [0.3, 0.4) is 0 Å². The van der Waals surface area contributed by atoms with E-state index >= 15 is 0 Å². The molecule has 3 heterocycles. The molecule has 5 rings (SSSR count). The lowest BCUT2D eigenvalue weighted by atomic mass is 10.1. The number of nitrogens with one attached hydrogen (secondary N) is 2. The Bertz CT molecular complexity index is 1310. The molecule has 3 aromatic heterocycles. The molecule has 5 N–H and O–H groups in total. The lowest BCUT2D eigenvalue weighted by Gasteiger charge is -2.20. The maximum absolute atomic E-state index is 10.2. The first-order valence-electron chi connectivity index (χ1n) is 12.8. The third-order valence-corrected chi connectivity index (χ3v) is 7.00. The van der Waals surface area contributed by atoms with E-state index in [1.54, 1.807) is 6.92 Å². The first-order valence-corrected chi connectivity index (χ1v) is 12.8. The van der Waals surface area contributed by atoms with E-state index in [0.29, 0.717) is 30.0 Å². The number of imidazole rings is 1. The summed E-state index contributed by atoms with van der Waals surface area (Å²) in [6, 6.07) is 12.0. The Morgan fingerprint density at radius 2 is 1.92 bits per heavy atom. The third kappa shape index (κ3) is 4.97. The highest BCUT2D eigenvalue weighted by Crippen LogP contribution is 2.33. The van der Waals surface area contributed by atoms with Crippen molar-refractivity contribution in [3.63, 3.8) is 0 Å². The van der Waals surface area contributed by atoms with Crippen molar-refractivity contribution in [3.05, 3.63) is 54.5 Å². The molecule has 9 heteroatoms. The van der Waals surface area contributed by atoms with Crippen molar-refractivity contribution in [2.75, 3.05) is 16.4 Å². The second-order valence-electron chi connectivity index (χ2n) is 9.55. The van der Waals surface area contributed by atoms with E-state index in [1.165, 1.54) is 12.8 Å². The zero-order valence-electron chi connectivity index (χ0n) is 20.9. The van der Waals surface area contributed by atoms with Gasteiger partial charge in [-0.25, -0.2) is 4.98 Å². The van der Waals surface area contributed by atoms with Crippen LogP contribution in [0.2, 0.25) is 0 Å². The normalized spacial score (nSPS) is 15.8. The number of hydrogen-bond acceptors (Lipinski definition) is 8. The van der Waals surface area contributed by atoms with Gasteiger partial charge in [-0.15, -0.1) is 0 Å². The second-order valence-corrected chi connectivity index (χ2v) is 9.55. The zero-order chi connectivity index (χ0) is 25.1. The topological polar surface area (TPSA) is 127 Å². The molecular formula is C27H34N8O. The van der Waals surface area contributed by atoms with Crippen LogP contribution < -0.4 is 16.4 Å². The van der Waals surface area contributed by atoms with Gasteiger partial charge in [0, 0.05) is 30.0 Å². The number of hydrogen-bond donors (Lipinski definition) is 4. The van der Waals surface area contributed by atoms with Crippen LogP contribution in [0.15, 0.2) is 48.9 Å². The number of para-hydroxylation sites is 1. The molecule has 1 aromatic carbocycles. The van der Waals surface area contributed by atoms with Gasteiger partial charge in [0.25, 0.3) is 0 Å². The molecule has 4 aromatic rings. The highest BCUT2D eigenvalue weighted by Gasteiger charge is 2.23. The summed E-state index contributed by atoms with van der Waals surface area (Å²) < 4.78 is 2.18. The van der Waals surface area contributed by atoms with Gasteiger partial charge in [0.15, 0.2) is 17.0 Å². The fourth-order valence-corrected chi connectivity index (χ4v) is 4.89. The van der Waals surface area contributed by atoms with Gasteiger partial charge in [0.1, 0.15) is 0 Å². The van der Waals surface area contributed by atoms with Crippen LogP contribution in [0.25, 0.3) is 22.4 Å². The summed E-state index contributed by atoms with van der Waals surface area (Å²) in [5.41, 5.74) is 11.2. The number of aliphatic hydroxyl groups is 1. The van der Waals surface area contributed by atoms with E-state index in [-0.39, 0.29) is 6.04 Å². The Balaban J connectivity index is 1.42. The standard InChI is InChI=1S/C27H34N8O/c1-3-22(17(2)36)32-27-33-25(24-26(34-27)35(16-31-24)19-8-4-5-9-19)30-15-18-12-13-23(29-14-18)20-10-6-7-11-21(20)28/h6-7,10-14,16-17,19,22,36H,3-5,8-9,15,28H2,1-2H3,(H2,30,32,33,34)/t17-,22?/m1/s1. The van der Waals surface area contributed by atoms with E-state index in [2.05, 4.69) is 25.2 Å². The van der Waals surface area contributed by atoms with Gasteiger partial charge in [-0.3, -0.25) is 4.98 Å². The Labute approximate surface area is 211 Å². The lowest BCUT2D eigenvalue weighted by molar-refractivity contribution is 0.169. The van der Waals surface area contributed by atoms with Crippen LogP contribution in [0, 0.1) is 0 Å². The molecule has 0 radical (unpaired) electrons. The lowest BCUT2D eigenvalue weighted by Crippen LogP contribution is -2.31. The molecule has 0 bridgehead atoms. The average Bonchev–Trinajstić information content (AvgIpc) is 3.56. The maximum atomic E-state index is 10.2. The number of benzene rings is 1. The number of nitrogens with zero attached hydrogens (tertiary/aromatic N) is 5. The first-order chi connectivity index (χ1) is 17.5. The summed E-state index contributed by atoms with van der Waals surface area (Å²) in [5, 5.41) is 16.9. The van der Waals surface area contributed by atoms with Crippen LogP contribution in [0.5, 0.6) is 0 Å². The summed E-state index contributed by atoms with van der Waals surface area (Å²) in [7, 11) is 0. The predicted octanol–water partition coefficient (Wildman–Crippen LogP) is 4.77. The largest absolute Gasteiger partial charge is 0.398 e. The van der Waals surface area contributed by atoms with Crippen molar-refractivity contribution in [2.24, 2.45) is 0 Å². The average molecular weight is 487 g/mol. The van der Waals surface area contributed by atoms with E-state index in [1.807, 2.05) is 55.8 Å². The van der Waals surface area contributed by atoms with Crippen LogP contribution in [0.1, 0.15) is 57.6 Å². The number of anilines is 3. The minimum Gasteiger partial charge on any atom is -0.398 e. The molecule has 188 valence electrons. The van der Waals surface area contributed by atoms with Gasteiger partial charge in [-0.2, -0.15) is 9.97 Å². The van der Waals surface area contributed by atoms with E-state index in [0.717, 1.165) is 47.2 Å². The molecule has 0 aliphatic heterocycles. The molecule has 1 fully saturated rings. The van der Waals surface area contributed by atoms with E-state index < -0.39 is 6.10 Å². The van der Waals surface area contributed by atoms with Crippen molar-refractivity contribution in [3.8, 4) is 11.3 Å². The Hall–Kier alpha value is -3.72. The van der Waals surface area contributed by atoms with Crippen molar-refractivity contribution < 1.29 is 5.11 Å². The smallest absolute Gasteiger partial charge is 0.227 e. The van der Waals surface area contributed by atoms with Crippen LogP contribution in [0.4, 0.5) is 17.5 Å². The quantitative estimate of drug-likeness (QED) is 0.249. The molecule has 1 aliphatic carbocycles. The Morgan fingerprint density at radius 3 is 2.61 bits per heavy atom. The summed E-state index contributed by atoms with van der Waals surface area (Å²) in [6.07, 6.45) is 8.70. The second kappa shape index (κ2) is 10.5. The van der Waals surface area contributed by atoms with E-state index in [9.17, 15) is 5.11 Å². The molecule has 0 saturated heterocycles. The maximum Gasteiger partial charge on any atom is 0.227 e. The van der Waals surface area contributed by atoms with Gasteiger partial charge in [0.2, 0.25) is 5.95 Å². The minimum atomic E-state index is -0.520. The van der Waals surface area contributed by atoms with Crippen molar-refractivity contribution in [1.29, 1.82) is 0 Å². The molecule has 0 amide bonds. The monoisotopic (exact) mass is 486 g/mol. The van der Waals surface area contributed by atoms with Gasteiger partial charge in [0.05, 0.1) is 24.2 Å². The fourth-order valence-electron chi connectivity index (χ4n) is 4.89. The molecule has 1 aliphatic rings. The number of aliphatic hydroxyl groups excluding tert-OH is 1. The molecule has 1 saturated carbocycles. The van der Waals surface area contributed by atoms with Gasteiger partial charge >= 0.3 is 0 Å². The first kappa shape index (κ1) is 24.0. The highest BCUT2D eigenvalue weighted by molar-refractivity contribution is 5.84. The number of nitrogen functional groups attached to an aromatic ring is 1. The zero-order valence-corrected chi connectivity index (χ0v) is 20.9. The third-order valence-electron chi connectivity index (χ3n) is 7.00. The van der Waals surface area contributed by atoms with Gasteiger partial charge < -0.3 is 26.0 Å². The Morgan fingerprint density at radius 1 is 1.11 bits per heavy atom. The molecular weight excluding hydrogens is 452 g/mol. The van der Waals surface area contributed by atoms with E-state index in [4.69, 9.17) is 15.7 Å². The van der Waals surface area contributed by atoms with Crippen molar-refractivity contribution in [2.45, 2.75) is 70.7 Å². The Kier molecular flexibility index (Phi) is 6.99. The predicted molar refractivity (Wildman–Crippen MR) is 144 cm³/mol. The summed E-state index contributed by atoms with van der Waals surface area (Å²) in [6.45, 7) is 4.35. The SMILES string of the molecule is CCC(Nc1nc(NCc2ccc(-c3ccccc3N)nc2)c2ncn(C3CCCC3)c2n1)[C@@H](C)O. The van der Waals surface area contributed by atoms with Gasteiger partial charge in [-0.05, 0) is 43.9 Å². The number of fused-ring (bicyclic) bond motifs is 1. The number of rotatable bonds is 9. The van der Waals surface area contributed by atoms with Gasteiger partial charge in [-0.1, -0.05) is 44.0 Å². The number of aromatic nitrogens is 5. The van der Waals surface area contributed by atoms with Crippen molar-refractivity contribution in [1.82, 2.24) is 24.5 Å². The van der Waals surface area contributed by atoms with Crippen LogP contribution in [-0.2, 0) is 6.54 Å². The highest BCUT2D eigenvalue weighted by atomic mass is 16.3. The van der Waals surface area contributed by atoms with Crippen LogP contribution >= 0.6 is 0 Å². The fraction of sp³-hybridized carbons (Fsp3) is 0.407. The molecule has 36 heavy (non-hydrogen) atoms. The minimum absolute atomic E-state index is 0.139. The molecule has 9 nitrogen and oxygen atoms in total. The summed E-state index contributed by atoms with van der Waals surface area (Å²) in [5.74, 6) is 1.15. The van der Waals surface area contributed by atoms with Crippen molar-refractivity contribution >= 4 is 28.6 Å². The number of pyridine rings is 1. The number of nitrogens with two attached hydrogens (primary N) is 1. The summed E-state index contributed by atoms with van der Waals surface area (Å²) >= 11 is 0. The molecule has 1 unspecified atom stereocenters. The molecule has 2 atom stereocenters.